The molecule has 0 bridgehead atoms. The smallest absolute Gasteiger partial charge is 0.252 e. The highest BCUT2D eigenvalue weighted by Crippen LogP contribution is 2.16. The van der Waals surface area contributed by atoms with Crippen LogP contribution < -0.4 is 5.32 Å². The van der Waals surface area contributed by atoms with Gasteiger partial charge in [0.05, 0.1) is 8.45 Å². The van der Waals surface area contributed by atoms with E-state index in [1.807, 2.05) is 11.4 Å². The highest BCUT2D eigenvalue weighted by molar-refractivity contribution is 14.1. The number of nitrogens with one attached hydrogen (secondary N) is 1. The third-order valence-corrected chi connectivity index (χ3v) is 5.19. The molecule has 0 saturated carbocycles. The summed E-state index contributed by atoms with van der Waals surface area (Å²) in [6.07, 6.45) is 3.94. The van der Waals surface area contributed by atoms with Gasteiger partial charge >= 0.3 is 0 Å². The third-order valence-electron chi connectivity index (χ3n) is 3.40. The van der Waals surface area contributed by atoms with E-state index < -0.39 is 0 Å². The molecule has 1 aliphatic rings. The first-order valence-corrected chi connectivity index (χ1v) is 8.39. The van der Waals surface area contributed by atoms with E-state index in [1.165, 1.54) is 32.4 Å². The Labute approximate surface area is 126 Å². The second-order valence-electron chi connectivity index (χ2n) is 4.80. The minimum atomic E-state index is 0.0537. The van der Waals surface area contributed by atoms with Gasteiger partial charge in [0.25, 0.3) is 5.91 Å². The average molecular weight is 378 g/mol. The number of likely N-dealkylation sites (tertiary alicyclic amines) is 1. The fraction of sp³-hybridized carbons (Fsp3) is 0.615. The number of carbonyl (C=O) groups is 1. The monoisotopic (exact) mass is 378 g/mol. The maximum absolute atomic E-state index is 11.9. The summed E-state index contributed by atoms with van der Waals surface area (Å²) in [7, 11) is 0. The minimum absolute atomic E-state index is 0.0537. The lowest BCUT2D eigenvalue weighted by Crippen LogP contribution is -2.44. The first kappa shape index (κ1) is 14.3. The van der Waals surface area contributed by atoms with Gasteiger partial charge in [-0.3, -0.25) is 9.69 Å². The van der Waals surface area contributed by atoms with Gasteiger partial charge in [0, 0.05) is 18.0 Å². The van der Waals surface area contributed by atoms with E-state index in [0.29, 0.717) is 6.04 Å². The molecule has 1 unspecified atom stereocenters. The lowest BCUT2D eigenvalue weighted by atomic mass is 10.1. The molecule has 18 heavy (non-hydrogen) atoms. The summed E-state index contributed by atoms with van der Waals surface area (Å²) in [5.41, 5.74) is 0.787. The van der Waals surface area contributed by atoms with Crippen molar-refractivity contribution in [1.29, 1.82) is 0 Å². The highest BCUT2D eigenvalue weighted by Gasteiger charge is 2.17. The van der Waals surface area contributed by atoms with Crippen molar-refractivity contribution >= 4 is 39.8 Å². The molecule has 0 spiro atoms. The Bertz CT molecular complexity index is 401. The van der Waals surface area contributed by atoms with E-state index in [9.17, 15) is 4.79 Å². The molecule has 1 aliphatic heterocycles. The van der Waals surface area contributed by atoms with Crippen LogP contribution >= 0.6 is 33.9 Å². The van der Waals surface area contributed by atoms with E-state index in [-0.39, 0.29) is 5.91 Å². The van der Waals surface area contributed by atoms with E-state index in [4.69, 9.17) is 0 Å². The number of halogens is 1. The number of piperidine rings is 1. The molecular weight excluding hydrogens is 359 g/mol. The Kier molecular flexibility index (Phi) is 5.44. The zero-order chi connectivity index (χ0) is 13.0. The van der Waals surface area contributed by atoms with Crippen LogP contribution in [0.2, 0.25) is 0 Å². The van der Waals surface area contributed by atoms with Crippen LogP contribution in [-0.2, 0) is 0 Å². The quantitative estimate of drug-likeness (QED) is 0.818. The number of hydrogen-bond donors (Lipinski definition) is 1. The zero-order valence-corrected chi connectivity index (χ0v) is 13.6. The van der Waals surface area contributed by atoms with Crippen LogP contribution in [0.15, 0.2) is 11.4 Å². The van der Waals surface area contributed by atoms with E-state index >= 15 is 0 Å². The summed E-state index contributed by atoms with van der Waals surface area (Å²) in [5.74, 6) is 0.0537. The van der Waals surface area contributed by atoms with Gasteiger partial charge in [-0.15, -0.1) is 11.3 Å². The van der Waals surface area contributed by atoms with Crippen molar-refractivity contribution in [2.24, 2.45) is 0 Å². The molecule has 2 heterocycles. The van der Waals surface area contributed by atoms with Crippen molar-refractivity contribution in [3.05, 3.63) is 19.9 Å². The summed E-state index contributed by atoms with van der Waals surface area (Å²) in [6.45, 7) is 5.29. The van der Waals surface area contributed by atoms with Crippen molar-refractivity contribution in [3.63, 3.8) is 0 Å². The van der Waals surface area contributed by atoms with Gasteiger partial charge in [0.15, 0.2) is 0 Å². The van der Waals surface area contributed by atoms with Crippen molar-refractivity contribution in [2.45, 2.75) is 32.2 Å². The molecule has 1 N–H and O–H groups in total. The predicted molar refractivity (Wildman–Crippen MR) is 84.3 cm³/mol. The van der Waals surface area contributed by atoms with Crippen molar-refractivity contribution in [3.8, 4) is 0 Å². The molecule has 0 aromatic carbocycles. The molecule has 2 rings (SSSR count). The van der Waals surface area contributed by atoms with Gasteiger partial charge < -0.3 is 5.32 Å². The van der Waals surface area contributed by atoms with E-state index in [2.05, 4.69) is 39.7 Å². The number of thiophene rings is 1. The van der Waals surface area contributed by atoms with Crippen molar-refractivity contribution in [2.75, 3.05) is 19.6 Å². The Hall–Kier alpha value is -0.140. The summed E-state index contributed by atoms with van der Waals surface area (Å²) >= 11 is 3.85. The summed E-state index contributed by atoms with van der Waals surface area (Å²) < 4.78 is 1.15. The Balaban J connectivity index is 1.78. The molecule has 1 amide bonds. The van der Waals surface area contributed by atoms with Gasteiger partial charge in [-0.1, -0.05) is 6.42 Å². The molecule has 1 aromatic rings. The second-order valence-corrected chi connectivity index (χ2v) is 7.60. The Morgan fingerprint density at radius 3 is 2.83 bits per heavy atom. The normalized spacial score (nSPS) is 18.6. The SMILES string of the molecule is CC(CNC(=O)c1csc(I)c1)N1CCCCC1. The van der Waals surface area contributed by atoms with Gasteiger partial charge in [0.2, 0.25) is 0 Å². The molecule has 3 nitrogen and oxygen atoms in total. The third kappa shape index (κ3) is 3.93. The number of carbonyl (C=O) groups excluding carboxylic acids is 1. The van der Waals surface area contributed by atoms with Gasteiger partial charge in [0.1, 0.15) is 0 Å². The van der Waals surface area contributed by atoms with Crippen LogP contribution in [0.3, 0.4) is 0 Å². The first-order valence-electron chi connectivity index (χ1n) is 6.43. The fourth-order valence-electron chi connectivity index (χ4n) is 2.26. The summed E-state index contributed by atoms with van der Waals surface area (Å²) in [6, 6.07) is 2.37. The van der Waals surface area contributed by atoms with Crippen LogP contribution in [0.5, 0.6) is 0 Å². The number of nitrogens with zero attached hydrogens (tertiary/aromatic N) is 1. The van der Waals surface area contributed by atoms with Crippen LogP contribution in [0, 0.1) is 2.88 Å². The standard InChI is InChI=1S/C13H19IN2OS/c1-10(16-5-3-2-4-6-16)8-15-13(17)11-7-12(14)18-9-11/h7,9-10H,2-6,8H2,1H3,(H,15,17). The molecule has 100 valence electrons. The van der Waals surface area contributed by atoms with E-state index in [1.54, 1.807) is 11.3 Å². The number of rotatable bonds is 4. The first-order chi connectivity index (χ1) is 8.66. The summed E-state index contributed by atoms with van der Waals surface area (Å²) in [5, 5.41) is 4.95. The summed E-state index contributed by atoms with van der Waals surface area (Å²) in [4.78, 5) is 14.4. The van der Waals surface area contributed by atoms with E-state index in [0.717, 1.165) is 15.0 Å². The average Bonchev–Trinajstić information content (AvgIpc) is 2.83. The molecule has 5 heteroatoms. The largest absolute Gasteiger partial charge is 0.350 e. The maximum atomic E-state index is 11.9. The lowest BCUT2D eigenvalue weighted by molar-refractivity contribution is 0.0930. The molecule has 0 aliphatic carbocycles. The van der Waals surface area contributed by atoms with Crippen molar-refractivity contribution in [1.82, 2.24) is 10.2 Å². The van der Waals surface area contributed by atoms with Gasteiger partial charge in [-0.2, -0.15) is 0 Å². The Morgan fingerprint density at radius 1 is 1.50 bits per heavy atom. The van der Waals surface area contributed by atoms with Crippen LogP contribution in [0.1, 0.15) is 36.5 Å². The molecular formula is C13H19IN2OS. The van der Waals surface area contributed by atoms with Crippen LogP contribution in [0.25, 0.3) is 0 Å². The predicted octanol–water partition coefficient (Wildman–Crippen LogP) is 2.96. The fourth-order valence-corrected chi connectivity index (χ4v) is 3.59. The van der Waals surface area contributed by atoms with Crippen molar-refractivity contribution < 1.29 is 4.79 Å². The topological polar surface area (TPSA) is 32.3 Å². The molecule has 1 saturated heterocycles. The molecule has 0 radical (unpaired) electrons. The Morgan fingerprint density at radius 2 is 2.22 bits per heavy atom. The molecule has 1 fully saturated rings. The molecule has 1 aromatic heterocycles. The zero-order valence-electron chi connectivity index (χ0n) is 10.6. The highest BCUT2D eigenvalue weighted by atomic mass is 127. The van der Waals surface area contributed by atoms with Gasteiger partial charge in [-0.05, 0) is 61.5 Å². The number of hydrogen-bond acceptors (Lipinski definition) is 3. The maximum Gasteiger partial charge on any atom is 0.252 e. The van der Waals surface area contributed by atoms with Gasteiger partial charge in [-0.25, -0.2) is 0 Å². The van der Waals surface area contributed by atoms with Crippen LogP contribution in [-0.4, -0.2) is 36.5 Å². The minimum Gasteiger partial charge on any atom is -0.350 e. The number of amides is 1. The van der Waals surface area contributed by atoms with Crippen LogP contribution in [0.4, 0.5) is 0 Å². The molecule has 1 atom stereocenters. The lowest BCUT2D eigenvalue weighted by Gasteiger charge is -2.32. The second kappa shape index (κ2) is 6.86.